The molecule has 0 aromatic heterocycles. The van der Waals surface area contributed by atoms with Crippen LogP contribution in [0.2, 0.25) is 0 Å². The van der Waals surface area contributed by atoms with Crippen molar-refractivity contribution in [2.75, 3.05) is 26.4 Å². The molecule has 0 amide bonds. The SMILES string of the molecule is C[C@H](CC[C@@H](O[C@@H]1OC(CO[C@@H]2OC[C@@H](O)[C@H](O)C2O)[C@@H](O)[C@H](O)C1O[C@@H]1OC(CO)[C@@H](O)[C@H](O)C1O)C(C)(C)O)[C@H]1CC[C@@]2(C)[C@@H]3CC=C4[C@@H](CC[C@H](O[C@@H]5OC(CO)[C@@H](O)[C@H](O)C5O)C4(C)C)[C@]3(C)[C@H](O)C[C@]12C. The van der Waals surface area contributed by atoms with Crippen LogP contribution in [0.3, 0.4) is 0 Å². The lowest BCUT2D eigenvalue weighted by Crippen LogP contribution is -2.65. The fraction of sp³-hybridized carbons (Fsp3) is 0.962. The van der Waals surface area contributed by atoms with Crippen LogP contribution in [0.25, 0.3) is 0 Å². The van der Waals surface area contributed by atoms with E-state index in [2.05, 4.69) is 47.6 Å². The summed E-state index contributed by atoms with van der Waals surface area (Å²) in [6, 6.07) is 0. The summed E-state index contributed by atoms with van der Waals surface area (Å²) in [7, 11) is 0. The van der Waals surface area contributed by atoms with Gasteiger partial charge in [0.15, 0.2) is 25.2 Å². The van der Waals surface area contributed by atoms with Gasteiger partial charge < -0.3 is 114 Å². The van der Waals surface area contributed by atoms with Gasteiger partial charge in [-0.15, -0.1) is 0 Å². The number of rotatable bonds is 16. The third kappa shape index (κ3) is 10.6. The van der Waals surface area contributed by atoms with Crippen LogP contribution in [-0.2, 0) is 37.9 Å². The summed E-state index contributed by atoms with van der Waals surface area (Å²) >= 11 is 0. The Labute approximate surface area is 444 Å². The topological polar surface area (TPSA) is 377 Å². The lowest BCUT2D eigenvalue weighted by Gasteiger charge is -2.67. The van der Waals surface area contributed by atoms with Crippen LogP contribution in [0.4, 0.5) is 0 Å². The maximum atomic E-state index is 12.7. The van der Waals surface area contributed by atoms with Crippen molar-refractivity contribution in [2.24, 2.45) is 45.3 Å². The second-order valence-electron chi connectivity index (χ2n) is 25.4. The Hall–Kier alpha value is -1.18. The van der Waals surface area contributed by atoms with Gasteiger partial charge in [-0.1, -0.05) is 53.2 Å². The van der Waals surface area contributed by atoms with Gasteiger partial charge in [-0.3, -0.25) is 0 Å². The number of hydrogen-bond donors (Lipinski definition) is 15. The van der Waals surface area contributed by atoms with Crippen LogP contribution in [0, 0.1) is 45.3 Å². The maximum absolute atomic E-state index is 12.7. The van der Waals surface area contributed by atoms with Crippen LogP contribution < -0.4 is 0 Å². The first-order valence-corrected chi connectivity index (χ1v) is 27.4. The first-order chi connectivity index (χ1) is 35.5. The van der Waals surface area contributed by atoms with Crippen LogP contribution in [0.15, 0.2) is 11.6 Å². The molecule has 4 heterocycles. The summed E-state index contributed by atoms with van der Waals surface area (Å²) in [6.07, 6.45) is -25.0. The standard InChI is InChI=1S/C53H90O23/c1-22(23-15-16-51(6)30-12-10-24-25(53(30,8)31(57)17-52(23,51)7)11-14-32(49(24,2)3)74-46-42(66)38(62)35(59)27(18-54)71-46)9-13-33(50(4,5)68)75-48-44(76-47-43(67)39(63)36(60)28(19-55)72-47)40(64)37(61)29(73-48)21-70-45-41(65)34(58)26(56)20-69-45/h10,22-23,25-48,54-68H,9,11-21H2,1-8H3/t22-,23-,25-,26-,27?,28?,29?,30+,31-,32+,33-,34+,35-,36-,37-,38+,39+,40+,41?,42?,43?,44?,45+,46+,47+,48+,51+,52-,53+/m1/s1. The number of ether oxygens (including phenoxy) is 8. The van der Waals surface area contributed by atoms with Crippen LogP contribution in [-0.4, -0.2) is 244 Å². The number of fused-ring (bicyclic) bond motifs is 5. The number of aliphatic hydroxyl groups excluding tert-OH is 14. The number of allylic oxidation sites excluding steroid dienone is 1. The molecule has 3 saturated carbocycles. The molecule has 440 valence electrons. The third-order valence-corrected chi connectivity index (χ3v) is 20.4. The first kappa shape index (κ1) is 60.9. The Kier molecular flexibility index (Phi) is 18.3. The van der Waals surface area contributed by atoms with E-state index in [0.29, 0.717) is 25.7 Å². The highest BCUT2D eigenvalue weighted by molar-refractivity contribution is 5.32. The van der Waals surface area contributed by atoms with Gasteiger partial charge in [0.05, 0.1) is 50.3 Å². The molecule has 4 aliphatic carbocycles. The molecule has 7 unspecified atom stereocenters. The average Bonchev–Trinajstić information content (AvgIpc) is 3.88. The van der Waals surface area contributed by atoms with Gasteiger partial charge in [-0.2, -0.15) is 0 Å². The molecule has 0 spiro atoms. The van der Waals surface area contributed by atoms with Crippen molar-refractivity contribution >= 4 is 0 Å². The van der Waals surface area contributed by atoms with Gasteiger partial charge in [0.2, 0.25) is 0 Å². The fourth-order valence-corrected chi connectivity index (χ4v) is 15.3. The molecule has 29 atom stereocenters. The Bertz CT molecular complexity index is 1970. The normalized spacial score (nSPS) is 51.5. The molecule has 23 heteroatoms. The molecular weight excluding hydrogens is 1000 g/mol. The Balaban J connectivity index is 0.982. The summed E-state index contributed by atoms with van der Waals surface area (Å²) in [5.74, 6) is 0.285. The van der Waals surface area contributed by atoms with E-state index in [-0.39, 0.29) is 47.5 Å². The molecule has 0 bridgehead atoms. The number of aliphatic hydroxyl groups is 15. The van der Waals surface area contributed by atoms with E-state index in [4.69, 9.17) is 37.9 Å². The van der Waals surface area contributed by atoms with Crippen molar-refractivity contribution in [1.29, 1.82) is 0 Å². The smallest absolute Gasteiger partial charge is 0.187 e. The van der Waals surface area contributed by atoms with Crippen molar-refractivity contribution < 1.29 is 114 Å². The molecular formula is C53H90O23. The van der Waals surface area contributed by atoms with Crippen LogP contribution in [0.5, 0.6) is 0 Å². The zero-order valence-corrected chi connectivity index (χ0v) is 45.0. The van der Waals surface area contributed by atoms with Crippen molar-refractivity contribution in [2.45, 2.75) is 247 Å². The first-order valence-electron chi connectivity index (χ1n) is 27.4. The highest BCUT2D eigenvalue weighted by atomic mass is 16.8. The highest BCUT2D eigenvalue weighted by Crippen LogP contribution is 2.75. The second kappa shape index (κ2) is 22.9. The van der Waals surface area contributed by atoms with E-state index in [1.165, 1.54) is 5.57 Å². The Morgan fingerprint density at radius 1 is 0.645 bits per heavy atom. The summed E-state index contributed by atoms with van der Waals surface area (Å²) in [5, 5.41) is 162. The molecule has 0 aromatic carbocycles. The van der Waals surface area contributed by atoms with Crippen LogP contribution >= 0.6 is 0 Å². The lowest BCUT2D eigenvalue weighted by atomic mass is 9.38. The maximum Gasteiger partial charge on any atom is 0.187 e. The van der Waals surface area contributed by atoms with E-state index in [1.807, 2.05) is 0 Å². The molecule has 4 saturated heterocycles. The quantitative estimate of drug-likeness (QED) is 0.0705. The zero-order valence-electron chi connectivity index (χ0n) is 45.0. The molecule has 4 aliphatic heterocycles. The summed E-state index contributed by atoms with van der Waals surface area (Å²) in [4.78, 5) is 0. The van der Waals surface area contributed by atoms with Gasteiger partial charge in [-0.05, 0) is 99.7 Å². The molecule has 8 rings (SSSR count). The predicted octanol–water partition coefficient (Wildman–Crippen LogP) is -2.59. The minimum absolute atomic E-state index is 0.0175. The molecule has 76 heavy (non-hydrogen) atoms. The van der Waals surface area contributed by atoms with Gasteiger partial charge in [-0.25, -0.2) is 0 Å². The summed E-state index contributed by atoms with van der Waals surface area (Å²) in [6.45, 7) is 14.1. The monoisotopic (exact) mass is 1090 g/mol. The molecule has 15 N–H and O–H groups in total. The fourth-order valence-electron chi connectivity index (χ4n) is 15.3. The Morgan fingerprint density at radius 2 is 1.21 bits per heavy atom. The summed E-state index contributed by atoms with van der Waals surface area (Å²) < 4.78 is 47.6. The van der Waals surface area contributed by atoms with Gasteiger partial charge in [0.25, 0.3) is 0 Å². The average molecular weight is 1100 g/mol. The highest BCUT2D eigenvalue weighted by Gasteiger charge is 2.70. The van der Waals surface area contributed by atoms with Gasteiger partial charge >= 0.3 is 0 Å². The van der Waals surface area contributed by atoms with Gasteiger partial charge in [0, 0.05) is 10.8 Å². The van der Waals surface area contributed by atoms with E-state index in [0.717, 1.165) is 19.3 Å². The van der Waals surface area contributed by atoms with Gasteiger partial charge in [0.1, 0.15) is 91.6 Å². The predicted molar refractivity (Wildman–Crippen MR) is 262 cm³/mol. The Morgan fingerprint density at radius 3 is 1.80 bits per heavy atom. The molecule has 23 nitrogen and oxygen atoms in total. The molecule has 0 radical (unpaired) electrons. The minimum atomic E-state index is -1.91. The lowest BCUT2D eigenvalue weighted by molar-refractivity contribution is -0.379. The van der Waals surface area contributed by atoms with E-state index >= 15 is 0 Å². The van der Waals surface area contributed by atoms with Crippen molar-refractivity contribution in [3.05, 3.63) is 11.6 Å². The number of hydrogen-bond acceptors (Lipinski definition) is 23. The molecule has 7 fully saturated rings. The minimum Gasteiger partial charge on any atom is -0.394 e. The summed E-state index contributed by atoms with van der Waals surface area (Å²) in [5.41, 5.74) is -1.98. The van der Waals surface area contributed by atoms with Crippen molar-refractivity contribution in [1.82, 2.24) is 0 Å². The largest absolute Gasteiger partial charge is 0.394 e. The zero-order chi connectivity index (χ0) is 55.9. The van der Waals surface area contributed by atoms with E-state index in [9.17, 15) is 76.6 Å². The van der Waals surface area contributed by atoms with E-state index in [1.54, 1.807) is 13.8 Å². The van der Waals surface area contributed by atoms with Crippen molar-refractivity contribution in [3.63, 3.8) is 0 Å². The second-order valence-corrected chi connectivity index (χ2v) is 25.4. The van der Waals surface area contributed by atoms with Crippen LogP contribution in [0.1, 0.15) is 107 Å². The van der Waals surface area contributed by atoms with Crippen molar-refractivity contribution in [3.8, 4) is 0 Å². The molecule has 0 aromatic rings. The third-order valence-electron chi connectivity index (χ3n) is 20.4. The molecule has 8 aliphatic rings. The van der Waals surface area contributed by atoms with E-state index < -0.39 is 171 Å².